The highest BCUT2D eigenvalue weighted by molar-refractivity contribution is 6.33. The molecule has 0 radical (unpaired) electrons. The maximum atomic E-state index is 11.4. The highest BCUT2D eigenvalue weighted by atomic mass is 35.5. The van der Waals surface area contributed by atoms with Crippen LogP contribution in [-0.2, 0) is 4.74 Å². The molecule has 0 saturated carbocycles. The minimum Gasteiger partial charge on any atom is -0.444 e. The predicted molar refractivity (Wildman–Crippen MR) is 74.8 cm³/mol. The zero-order chi connectivity index (χ0) is 14.5. The molecule has 106 valence electrons. The molecule has 0 saturated heterocycles. The van der Waals surface area contributed by atoms with Gasteiger partial charge in [0.1, 0.15) is 16.4 Å². The number of hydrogen-bond acceptors (Lipinski definition) is 5. The molecule has 0 fully saturated rings. The van der Waals surface area contributed by atoms with E-state index in [1.54, 1.807) is 20.8 Å². The summed E-state index contributed by atoms with van der Waals surface area (Å²) >= 11 is 11.5. The summed E-state index contributed by atoms with van der Waals surface area (Å²) in [7, 11) is 0. The molecule has 1 amide bonds. The fourth-order valence-corrected chi connectivity index (χ4v) is 1.42. The van der Waals surface area contributed by atoms with E-state index in [2.05, 4.69) is 20.6 Å². The standard InChI is InChI=1S/C11H16Cl2N4O2/c1-11(2,3)19-10(18)15-5-4-14-8-7(12)6-16-9(13)17-8/h6H,4-5H2,1-3H3,(H,15,18)(H,14,16,17). The van der Waals surface area contributed by atoms with Gasteiger partial charge in [0.05, 0.1) is 6.20 Å². The van der Waals surface area contributed by atoms with Crippen LogP contribution in [0.25, 0.3) is 0 Å². The van der Waals surface area contributed by atoms with Crippen molar-refractivity contribution in [2.24, 2.45) is 0 Å². The molecule has 1 aromatic heterocycles. The number of hydrogen-bond donors (Lipinski definition) is 2. The minimum atomic E-state index is -0.513. The molecule has 2 N–H and O–H groups in total. The number of alkyl carbamates (subject to hydrolysis) is 1. The molecular formula is C11H16Cl2N4O2. The van der Waals surface area contributed by atoms with E-state index in [1.165, 1.54) is 6.20 Å². The van der Waals surface area contributed by atoms with Gasteiger partial charge in [-0.1, -0.05) is 11.6 Å². The van der Waals surface area contributed by atoms with Crippen LogP contribution in [0.1, 0.15) is 20.8 Å². The number of carbonyl (C=O) groups is 1. The lowest BCUT2D eigenvalue weighted by Crippen LogP contribution is -2.35. The monoisotopic (exact) mass is 306 g/mol. The molecule has 0 aliphatic rings. The molecule has 1 rings (SSSR count). The van der Waals surface area contributed by atoms with E-state index in [4.69, 9.17) is 27.9 Å². The van der Waals surface area contributed by atoms with Crippen LogP contribution in [0.4, 0.5) is 10.6 Å². The predicted octanol–water partition coefficient (Wildman–Crippen LogP) is 2.72. The summed E-state index contributed by atoms with van der Waals surface area (Å²) in [6, 6.07) is 0. The van der Waals surface area contributed by atoms with Crippen LogP contribution in [0, 0.1) is 0 Å². The van der Waals surface area contributed by atoms with Crippen LogP contribution in [0.15, 0.2) is 6.20 Å². The third-order valence-corrected chi connectivity index (χ3v) is 2.26. The van der Waals surface area contributed by atoms with Gasteiger partial charge in [0.15, 0.2) is 0 Å². The van der Waals surface area contributed by atoms with E-state index in [-0.39, 0.29) is 5.28 Å². The Balaban J connectivity index is 2.31. The van der Waals surface area contributed by atoms with E-state index in [9.17, 15) is 4.79 Å². The van der Waals surface area contributed by atoms with Gasteiger partial charge in [-0.3, -0.25) is 0 Å². The Kier molecular flexibility index (Phi) is 5.62. The summed E-state index contributed by atoms with van der Waals surface area (Å²) < 4.78 is 5.08. The van der Waals surface area contributed by atoms with E-state index in [0.717, 1.165) is 0 Å². The summed E-state index contributed by atoms with van der Waals surface area (Å²) in [5, 5.41) is 6.00. The number of halogens is 2. The van der Waals surface area contributed by atoms with Crippen molar-refractivity contribution in [3.8, 4) is 0 Å². The SMILES string of the molecule is CC(C)(C)OC(=O)NCCNc1nc(Cl)ncc1Cl. The quantitative estimate of drug-likeness (QED) is 0.661. The Labute approximate surface area is 121 Å². The molecule has 8 heteroatoms. The van der Waals surface area contributed by atoms with Crippen LogP contribution < -0.4 is 10.6 Å². The summed E-state index contributed by atoms with van der Waals surface area (Å²) in [5.74, 6) is 0.424. The molecule has 0 bridgehead atoms. The molecule has 6 nitrogen and oxygen atoms in total. The molecule has 0 unspecified atom stereocenters. The second-order valence-electron chi connectivity index (χ2n) is 4.69. The second-order valence-corrected chi connectivity index (χ2v) is 5.44. The van der Waals surface area contributed by atoms with Crippen LogP contribution in [0.5, 0.6) is 0 Å². The third kappa shape index (κ3) is 6.45. The highest BCUT2D eigenvalue weighted by Gasteiger charge is 2.15. The number of anilines is 1. The van der Waals surface area contributed by atoms with Gasteiger partial charge in [-0.05, 0) is 32.4 Å². The van der Waals surface area contributed by atoms with Gasteiger partial charge in [-0.2, -0.15) is 4.98 Å². The molecule has 1 heterocycles. The van der Waals surface area contributed by atoms with E-state index < -0.39 is 11.7 Å². The number of nitrogens with one attached hydrogen (secondary N) is 2. The second kappa shape index (κ2) is 6.77. The molecule has 0 atom stereocenters. The van der Waals surface area contributed by atoms with Crippen molar-refractivity contribution in [2.45, 2.75) is 26.4 Å². The summed E-state index contributed by atoms with van der Waals surface area (Å²) in [6.07, 6.45) is 0.932. The normalized spacial score (nSPS) is 11.0. The maximum absolute atomic E-state index is 11.4. The summed E-state index contributed by atoms with van der Waals surface area (Å²) in [4.78, 5) is 19.0. The van der Waals surface area contributed by atoms with Crippen molar-refractivity contribution in [3.05, 3.63) is 16.5 Å². The van der Waals surface area contributed by atoms with Crippen molar-refractivity contribution in [2.75, 3.05) is 18.4 Å². The first-order valence-corrected chi connectivity index (χ1v) is 6.42. The Morgan fingerprint density at radius 3 is 2.68 bits per heavy atom. The third-order valence-electron chi connectivity index (χ3n) is 1.80. The molecule has 0 aliphatic carbocycles. The first-order valence-electron chi connectivity index (χ1n) is 5.67. The van der Waals surface area contributed by atoms with E-state index in [0.29, 0.717) is 23.9 Å². The smallest absolute Gasteiger partial charge is 0.407 e. The van der Waals surface area contributed by atoms with Crippen molar-refractivity contribution in [1.82, 2.24) is 15.3 Å². The summed E-state index contributed by atoms with van der Waals surface area (Å²) in [6.45, 7) is 6.20. The largest absolute Gasteiger partial charge is 0.444 e. The Morgan fingerprint density at radius 2 is 2.05 bits per heavy atom. The topological polar surface area (TPSA) is 76.1 Å². The van der Waals surface area contributed by atoms with Crippen molar-refractivity contribution < 1.29 is 9.53 Å². The van der Waals surface area contributed by atoms with Gasteiger partial charge in [0.2, 0.25) is 5.28 Å². The number of carbonyl (C=O) groups excluding carboxylic acids is 1. The van der Waals surface area contributed by atoms with Crippen molar-refractivity contribution in [1.29, 1.82) is 0 Å². The number of nitrogens with zero attached hydrogens (tertiary/aromatic N) is 2. The number of amides is 1. The van der Waals surface area contributed by atoms with Crippen LogP contribution in [0.3, 0.4) is 0 Å². The average Bonchev–Trinajstić information content (AvgIpc) is 2.26. The first-order chi connectivity index (χ1) is 8.78. The number of rotatable bonds is 4. The van der Waals surface area contributed by atoms with E-state index in [1.807, 2.05) is 0 Å². The van der Waals surface area contributed by atoms with Gasteiger partial charge in [-0.15, -0.1) is 0 Å². The molecule has 19 heavy (non-hydrogen) atoms. The van der Waals surface area contributed by atoms with Gasteiger partial charge in [0, 0.05) is 13.1 Å². The van der Waals surface area contributed by atoms with Crippen molar-refractivity contribution >= 4 is 35.1 Å². The zero-order valence-corrected chi connectivity index (χ0v) is 12.5. The maximum Gasteiger partial charge on any atom is 0.407 e. The van der Waals surface area contributed by atoms with E-state index >= 15 is 0 Å². The number of ether oxygens (including phenoxy) is 1. The molecule has 0 aliphatic heterocycles. The van der Waals surface area contributed by atoms with Gasteiger partial charge < -0.3 is 15.4 Å². The van der Waals surface area contributed by atoms with Gasteiger partial charge in [0.25, 0.3) is 0 Å². The summed E-state index contributed by atoms with van der Waals surface area (Å²) in [5.41, 5.74) is -0.513. The van der Waals surface area contributed by atoms with Crippen molar-refractivity contribution in [3.63, 3.8) is 0 Å². The Hall–Kier alpha value is -1.27. The zero-order valence-electron chi connectivity index (χ0n) is 11.0. The van der Waals surface area contributed by atoms with Crippen LogP contribution >= 0.6 is 23.2 Å². The Morgan fingerprint density at radius 1 is 1.37 bits per heavy atom. The molecule has 0 spiro atoms. The molecular weight excluding hydrogens is 291 g/mol. The van der Waals surface area contributed by atoms with Gasteiger partial charge >= 0.3 is 6.09 Å². The average molecular weight is 307 g/mol. The van der Waals surface area contributed by atoms with Crippen LogP contribution in [-0.4, -0.2) is 34.8 Å². The lowest BCUT2D eigenvalue weighted by molar-refractivity contribution is 0.0530. The Bertz CT molecular complexity index is 449. The lowest BCUT2D eigenvalue weighted by atomic mass is 10.2. The highest BCUT2D eigenvalue weighted by Crippen LogP contribution is 2.18. The molecule has 0 aromatic carbocycles. The fraction of sp³-hybridized carbons (Fsp3) is 0.545. The molecule has 1 aromatic rings. The minimum absolute atomic E-state index is 0.104. The lowest BCUT2D eigenvalue weighted by Gasteiger charge is -2.19. The first kappa shape index (κ1) is 15.8. The van der Waals surface area contributed by atoms with Crippen LogP contribution in [0.2, 0.25) is 10.3 Å². The fourth-order valence-electron chi connectivity index (χ4n) is 1.13. The van der Waals surface area contributed by atoms with Gasteiger partial charge in [-0.25, -0.2) is 9.78 Å². The number of aromatic nitrogens is 2.